The quantitative estimate of drug-likeness (QED) is 0.356. The van der Waals surface area contributed by atoms with Gasteiger partial charge in [-0.05, 0) is 49.4 Å². The fourth-order valence-corrected chi connectivity index (χ4v) is 5.44. The highest BCUT2D eigenvalue weighted by Crippen LogP contribution is 2.43. The summed E-state index contributed by atoms with van der Waals surface area (Å²) < 4.78 is 0. The Balaban J connectivity index is 1.55. The minimum absolute atomic E-state index is 1.09. The van der Waals surface area contributed by atoms with Gasteiger partial charge in [-0.25, -0.2) is 0 Å². The minimum Gasteiger partial charge on any atom is -0.0654 e. The molecule has 0 amide bonds. The Kier molecular flexibility index (Phi) is 9.69. The Hall–Kier alpha value is 0. The lowest BCUT2D eigenvalue weighted by molar-refractivity contribution is 0.139. The summed E-state index contributed by atoms with van der Waals surface area (Å²) in [5.74, 6) is 4.40. The van der Waals surface area contributed by atoms with Crippen LogP contribution in [0.3, 0.4) is 0 Å². The predicted octanol–water partition coefficient (Wildman–Crippen LogP) is 8.15. The molecule has 2 fully saturated rings. The highest BCUT2D eigenvalue weighted by Gasteiger charge is 2.30. The summed E-state index contributed by atoms with van der Waals surface area (Å²) in [5, 5.41) is 0. The fourth-order valence-electron chi connectivity index (χ4n) is 5.44. The number of unbranched alkanes of at least 4 members (excludes halogenated alkanes) is 5. The van der Waals surface area contributed by atoms with Gasteiger partial charge in [0, 0.05) is 0 Å². The zero-order valence-electron chi connectivity index (χ0n) is 16.3. The summed E-state index contributed by atoms with van der Waals surface area (Å²) in [7, 11) is 0. The molecule has 0 aliphatic heterocycles. The van der Waals surface area contributed by atoms with E-state index >= 15 is 0 Å². The summed E-state index contributed by atoms with van der Waals surface area (Å²) in [4.78, 5) is 0. The van der Waals surface area contributed by atoms with Crippen LogP contribution in [0.5, 0.6) is 0 Å². The summed E-state index contributed by atoms with van der Waals surface area (Å²) in [5.41, 5.74) is 0. The van der Waals surface area contributed by atoms with Crippen LogP contribution in [0.15, 0.2) is 0 Å². The lowest BCUT2D eigenvalue weighted by Gasteiger charge is -2.38. The van der Waals surface area contributed by atoms with E-state index < -0.39 is 0 Å². The van der Waals surface area contributed by atoms with Crippen LogP contribution in [0.2, 0.25) is 0 Å². The summed E-state index contributed by atoms with van der Waals surface area (Å²) >= 11 is 0. The Bertz CT molecular complexity index is 266. The Morgan fingerprint density at radius 3 is 1.30 bits per heavy atom. The summed E-state index contributed by atoms with van der Waals surface area (Å²) in [6, 6.07) is 0. The lowest BCUT2D eigenvalue weighted by Crippen LogP contribution is -2.25. The molecule has 2 saturated carbocycles. The highest BCUT2D eigenvalue weighted by molar-refractivity contribution is 4.82. The maximum atomic E-state index is 2.33. The van der Waals surface area contributed by atoms with Crippen molar-refractivity contribution in [3.8, 4) is 0 Å². The van der Waals surface area contributed by atoms with Crippen LogP contribution >= 0.6 is 0 Å². The molecule has 0 nitrogen and oxygen atoms in total. The van der Waals surface area contributed by atoms with Crippen molar-refractivity contribution in [3.05, 3.63) is 0 Å². The molecule has 0 aromatic heterocycles. The predicted molar refractivity (Wildman–Crippen MR) is 104 cm³/mol. The van der Waals surface area contributed by atoms with Crippen LogP contribution < -0.4 is 0 Å². The van der Waals surface area contributed by atoms with E-state index in [1.807, 2.05) is 0 Å². The van der Waals surface area contributed by atoms with Crippen LogP contribution in [0.4, 0.5) is 0 Å². The van der Waals surface area contributed by atoms with E-state index in [2.05, 4.69) is 13.8 Å². The molecule has 0 heterocycles. The molecule has 0 N–H and O–H groups in total. The summed E-state index contributed by atoms with van der Waals surface area (Å²) in [6.45, 7) is 4.65. The second-order valence-electron chi connectivity index (χ2n) is 8.91. The van der Waals surface area contributed by atoms with E-state index in [1.165, 1.54) is 57.8 Å². The van der Waals surface area contributed by atoms with Crippen molar-refractivity contribution in [2.45, 2.75) is 123 Å². The van der Waals surface area contributed by atoms with Crippen LogP contribution in [0, 0.1) is 23.7 Å². The van der Waals surface area contributed by atoms with E-state index in [0.29, 0.717) is 0 Å². The zero-order chi connectivity index (χ0) is 16.3. The van der Waals surface area contributed by atoms with Crippen molar-refractivity contribution < 1.29 is 0 Å². The van der Waals surface area contributed by atoms with Gasteiger partial charge in [0.1, 0.15) is 0 Å². The molecule has 2 aliphatic rings. The number of hydrogen-bond acceptors (Lipinski definition) is 0. The van der Waals surface area contributed by atoms with E-state index in [-0.39, 0.29) is 0 Å². The maximum Gasteiger partial charge on any atom is -0.0386 e. The molecule has 0 atom stereocenters. The first-order valence-electron chi connectivity index (χ1n) is 11.3. The zero-order valence-corrected chi connectivity index (χ0v) is 16.3. The number of rotatable bonds is 10. The van der Waals surface area contributed by atoms with Gasteiger partial charge in [-0.3, -0.25) is 0 Å². The van der Waals surface area contributed by atoms with E-state index in [1.54, 1.807) is 51.4 Å². The van der Waals surface area contributed by atoms with Crippen molar-refractivity contribution in [2.24, 2.45) is 23.7 Å². The molecule has 136 valence electrons. The van der Waals surface area contributed by atoms with Crippen LogP contribution in [-0.4, -0.2) is 0 Å². The molecule has 0 saturated heterocycles. The molecule has 0 heteroatoms. The molecule has 0 aromatic rings. The van der Waals surface area contributed by atoms with Gasteiger partial charge in [0.2, 0.25) is 0 Å². The summed E-state index contributed by atoms with van der Waals surface area (Å²) in [6.07, 6.45) is 25.8. The highest BCUT2D eigenvalue weighted by atomic mass is 14.4. The second-order valence-corrected chi connectivity index (χ2v) is 8.91. The Labute approximate surface area is 147 Å². The van der Waals surface area contributed by atoms with E-state index in [9.17, 15) is 0 Å². The van der Waals surface area contributed by atoms with Crippen LogP contribution in [0.1, 0.15) is 123 Å². The minimum atomic E-state index is 1.09. The van der Waals surface area contributed by atoms with Gasteiger partial charge in [0.15, 0.2) is 0 Å². The molecular weight excluding hydrogens is 276 g/mol. The topological polar surface area (TPSA) is 0 Å². The van der Waals surface area contributed by atoms with Gasteiger partial charge in [-0.15, -0.1) is 0 Å². The van der Waals surface area contributed by atoms with Gasteiger partial charge in [0.05, 0.1) is 0 Å². The van der Waals surface area contributed by atoms with Crippen molar-refractivity contribution in [1.82, 2.24) is 0 Å². The van der Waals surface area contributed by atoms with Crippen LogP contribution in [0.25, 0.3) is 0 Å². The average Bonchev–Trinajstić information content (AvgIpc) is 2.60. The van der Waals surface area contributed by atoms with Crippen LogP contribution in [-0.2, 0) is 0 Å². The van der Waals surface area contributed by atoms with Crippen molar-refractivity contribution in [1.29, 1.82) is 0 Å². The molecule has 0 radical (unpaired) electrons. The molecule has 23 heavy (non-hydrogen) atoms. The number of hydrogen-bond donors (Lipinski definition) is 0. The third kappa shape index (κ3) is 7.18. The molecule has 2 aliphatic carbocycles. The molecule has 0 unspecified atom stereocenters. The Morgan fingerprint density at radius 1 is 0.478 bits per heavy atom. The van der Waals surface area contributed by atoms with Crippen molar-refractivity contribution in [2.75, 3.05) is 0 Å². The smallest absolute Gasteiger partial charge is 0.0386 e. The van der Waals surface area contributed by atoms with Gasteiger partial charge < -0.3 is 0 Å². The molecule has 0 bridgehead atoms. The fraction of sp³-hybridized carbons (Fsp3) is 1.00. The second kappa shape index (κ2) is 11.5. The molecule has 0 aromatic carbocycles. The van der Waals surface area contributed by atoms with Gasteiger partial charge in [0.25, 0.3) is 0 Å². The lowest BCUT2D eigenvalue weighted by atomic mass is 9.68. The maximum absolute atomic E-state index is 2.33. The van der Waals surface area contributed by atoms with Crippen molar-refractivity contribution in [3.63, 3.8) is 0 Å². The SMILES string of the molecule is CCCCCCC1CCC(C2CCC(CCCCC)CC2)CC1. The first kappa shape index (κ1) is 19.3. The first-order valence-corrected chi connectivity index (χ1v) is 11.3. The van der Waals surface area contributed by atoms with E-state index in [4.69, 9.17) is 0 Å². The Morgan fingerprint density at radius 2 is 0.870 bits per heavy atom. The third-order valence-electron chi connectivity index (χ3n) is 7.13. The average molecular weight is 321 g/mol. The molecule has 2 rings (SSSR count). The van der Waals surface area contributed by atoms with E-state index in [0.717, 1.165) is 23.7 Å². The third-order valence-corrected chi connectivity index (χ3v) is 7.13. The molecule has 0 spiro atoms. The normalized spacial score (nSPS) is 32.1. The van der Waals surface area contributed by atoms with Gasteiger partial charge in [-0.2, -0.15) is 0 Å². The standard InChI is InChI=1S/C23H44/c1-3-5-7-9-11-21-14-18-23(19-15-21)22-16-12-20(13-17-22)10-8-6-4-2/h20-23H,3-19H2,1-2H3. The monoisotopic (exact) mass is 320 g/mol. The van der Waals surface area contributed by atoms with Crippen molar-refractivity contribution >= 4 is 0 Å². The first-order chi connectivity index (χ1) is 11.3. The van der Waals surface area contributed by atoms with Gasteiger partial charge >= 0.3 is 0 Å². The molecular formula is C23H44. The largest absolute Gasteiger partial charge is 0.0654 e. The van der Waals surface area contributed by atoms with Gasteiger partial charge in [-0.1, -0.05) is 97.3 Å².